The fourth-order valence-electron chi connectivity index (χ4n) is 2.96. The monoisotopic (exact) mass is 405 g/mol. The van der Waals surface area contributed by atoms with Gasteiger partial charge in [-0.1, -0.05) is 24.3 Å². The third-order valence-corrected chi connectivity index (χ3v) is 6.88. The maximum Gasteiger partial charge on any atom is 0.257 e. The first-order valence-electron chi connectivity index (χ1n) is 8.67. The highest BCUT2D eigenvalue weighted by atomic mass is 32.2. The highest BCUT2D eigenvalue weighted by Crippen LogP contribution is 2.36. The van der Waals surface area contributed by atoms with Crippen LogP contribution in [0, 0.1) is 0 Å². The van der Waals surface area contributed by atoms with E-state index in [2.05, 4.69) is 0 Å². The number of anilines is 1. The summed E-state index contributed by atoms with van der Waals surface area (Å²) >= 11 is 1.69. The second-order valence-electron chi connectivity index (χ2n) is 6.03. The van der Waals surface area contributed by atoms with Gasteiger partial charge in [0.2, 0.25) is 0 Å². The van der Waals surface area contributed by atoms with Gasteiger partial charge in [-0.25, -0.2) is 8.42 Å². The van der Waals surface area contributed by atoms with Crippen LogP contribution < -0.4 is 13.8 Å². The Hall–Kier alpha value is -2.12. The van der Waals surface area contributed by atoms with Crippen LogP contribution in [0.2, 0.25) is 0 Å². The molecule has 0 spiro atoms. The summed E-state index contributed by atoms with van der Waals surface area (Å²) in [5, 5.41) is 1.32. The van der Waals surface area contributed by atoms with Crippen molar-refractivity contribution in [3.63, 3.8) is 0 Å². The van der Waals surface area contributed by atoms with Crippen molar-refractivity contribution >= 4 is 27.5 Å². The molecule has 0 N–H and O–H groups in total. The summed E-state index contributed by atoms with van der Waals surface area (Å²) in [7, 11) is -0.280. The molecule has 1 heterocycles. The van der Waals surface area contributed by atoms with Crippen LogP contribution >= 0.6 is 11.8 Å². The van der Waals surface area contributed by atoms with Gasteiger partial charge in [0.05, 0.1) is 19.9 Å². The van der Waals surface area contributed by atoms with E-state index in [-0.39, 0.29) is 0 Å². The van der Waals surface area contributed by atoms with Crippen LogP contribution in [0.5, 0.6) is 11.5 Å². The standard InChI is InChI=1S/C20H23NO4S2/c1-24-18-11-10-16(15-19(18)25-2)7-5-6-14-27(22,23)21-12-13-26-20-9-4-3-8-17(20)21/h3-4,6,8-11,14-15H,5,7,12-13H2,1-2H3/b14-6+. The number of ether oxygens (including phenoxy) is 2. The Morgan fingerprint density at radius 1 is 1.11 bits per heavy atom. The van der Waals surface area contributed by atoms with Gasteiger partial charge in [-0.05, 0) is 42.7 Å². The van der Waals surface area contributed by atoms with Crippen LogP contribution in [0.1, 0.15) is 12.0 Å². The summed E-state index contributed by atoms with van der Waals surface area (Å²) in [5.74, 6) is 2.12. The number of hydrogen-bond acceptors (Lipinski definition) is 5. The Bertz CT molecular complexity index is 925. The Balaban J connectivity index is 1.66. The van der Waals surface area contributed by atoms with Gasteiger partial charge in [0.15, 0.2) is 11.5 Å². The largest absolute Gasteiger partial charge is 0.493 e. The number of benzene rings is 2. The van der Waals surface area contributed by atoms with E-state index >= 15 is 0 Å². The molecule has 0 unspecified atom stereocenters. The fourth-order valence-corrected chi connectivity index (χ4v) is 5.43. The first-order chi connectivity index (χ1) is 13.0. The van der Waals surface area contributed by atoms with E-state index in [4.69, 9.17) is 9.47 Å². The molecular weight excluding hydrogens is 382 g/mol. The van der Waals surface area contributed by atoms with Gasteiger partial charge in [0.25, 0.3) is 10.0 Å². The Kier molecular flexibility index (Phi) is 6.34. The van der Waals surface area contributed by atoms with Gasteiger partial charge < -0.3 is 9.47 Å². The van der Waals surface area contributed by atoms with E-state index in [0.29, 0.717) is 24.5 Å². The molecule has 144 valence electrons. The lowest BCUT2D eigenvalue weighted by molar-refractivity contribution is 0.354. The van der Waals surface area contributed by atoms with E-state index in [0.717, 1.165) is 28.3 Å². The number of aryl methyl sites for hydroxylation is 1. The number of thioether (sulfide) groups is 1. The predicted octanol–water partition coefficient (Wildman–Crippen LogP) is 4.09. The number of allylic oxidation sites excluding steroid dienone is 1. The number of nitrogens with zero attached hydrogens (tertiary/aromatic N) is 1. The van der Waals surface area contributed by atoms with Gasteiger partial charge in [0, 0.05) is 22.6 Å². The summed E-state index contributed by atoms with van der Waals surface area (Å²) in [6.07, 6.45) is 3.06. The van der Waals surface area contributed by atoms with E-state index in [1.54, 1.807) is 32.1 Å². The van der Waals surface area contributed by atoms with Crippen molar-refractivity contribution in [2.45, 2.75) is 17.7 Å². The molecule has 5 nitrogen and oxygen atoms in total. The molecule has 0 radical (unpaired) electrons. The lowest BCUT2D eigenvalue weighted by atomic mass is 10.1. The number of fused-ring (bicyclic) bond motifs is 1. The van der Waals surface area contributed by atoms with Crippen molar-refractivity contribution in [1.82, 2.24) is 0 Å². The molecule has 27 heavy (non-hydrogen) atoms. The maximum atomic E-state index is 12.7. The smallest absolute Gasteiger partial charge is 0.257 e. The minimum absolute atomic E-state index is 0.490. The number of sulfonamides is 1. The summed E-state index contributed by atoms with van der Waals surface area (Å²) < 4.78 is 37.5. The average molecular weight is 406 g/mol. The summed E-state index contributed by atoms with van der Waals surface area (Å²) in [6.45, 7) is 0.490. The van der Waals surface area contributed by atoms with Crippen LogP contribution in [0.4, 0.5) is 5.69 Å². The van der Waals surface area contributed by atoms with Gasteiger partial charge >= 0.3 is 0 Å². The minimum Gasteiger partial charge on any atom is -0.493 e. The Morgan fingerprint density at radius 3 is 2.67 bits per heavy atom. The van der Waals surface area contributed by atoms with Gasteiger partial charge in [0.1, 0.15) is 0 Å². The van der Waals surface area contributed by atoms with Crippen LogP contribution in [0.25, 0.3) is 0 Å². The molecule has 2 aromatic rings. The molecule has 3 rings (SSSR count). The molecule has 2 aromatic carbocycles. The second-order valence-corrected chi connectivity index (χ2v) is 8.91. The second kappa shape index (κ2) is 8.71. The number of hydrogen-bond donors (Lipinski definition) is 0. The van der Waals surface area contributed by atoms with E-state index < -0.39 is 10.0 Å². The van der Waals surface area contributed by atoms with Crippen LogP contribution in [-0.4, -0.2) is 34.9 Å². The van der Waals surface area contributed by atoms with Crippen LogP contribution in [0.3, 0.4) is 0 Å². The number of para-hydroxylation sites is 1. The van der Waals surface area contributed by atoms with Crippen molar-refractivity contribution in [2.24, 2.45) is 0 Å². The molecule has 0 aromatic heterocycles. The molecule has 1 aliphatic heterocycles. The number of methoxy groups -OCH3 is 2. The van der Waals surface area contributed by atoms with Crippen molar-refractivity contribution in [3.05, 3.63) is 59.5 Å². The molecule has 7 heteroatoms. The quantitative estimate of drug-likeness (QED) is 0.694. The van der Waals surface area contributed by atoms with E-state index in [1.165, 1.54) is 9.71 Å². The zero-order chi connectivity index (χ0) is 19.3. The third kappa shape index (κ3) is 4.59. The van der Waals surface area contributed by atoms with Gasteiger partial charge in [-0.15, -0.1) is 11.8 Å². The molecule has 0 aliphatic carbocycles. The maximum absolute atomic E-state index is 12.7. The molecular formula is C20H23NO4S2. The minimum atomic E-state index is -3.48. The molecule has 0 atom stereocenters. The summed E-state index contributed by atoms with van der Waals surface area (Å²) in [6, 6.07) is 13.4. The lowest BCUT2D eigenvalue weighted by Gasteiger charge is -2.28. The molecule has 0 saturated carbocycles. The van der Waals surface area contributed by atoms with Gasteiger partial charge in [-0.2, -0.15) is 0 Å². The molecule has 0 saturated heterocycles. The van der Waals surface area contributed by atoms with Gasteiger partial charge in [-0.3, -0.25) is 4.31 Å². The summed E-state index contributed by atoms with van der Waals surface area (Å²) in [4.78, 5) is 1.01. The molecule has 0 amide bonds. The fraction of sp³-hybridized carbons (Fsp3) is 0.300. The van der Waals surface area contributed by atoms with Crippen molar-refractivity contribution in [2.75, 3.05) is 30.8 Å². The topological polar surface area (TPSA) is 55.8 Å². The van der Waals surface area contributed by atoms with Crippen LogP contribution in [-0.2, 0) is 16.4 Å². The zero-order valence-electron chi connectivity index (χ0n) is 15.4. The van der Waals surface area contributed by atoms with E-state index in [9.17, 15) is 8.42 Å². The SMILES string of the molecule is COc1ccc(CC/C=C/S(=O)(=O)N2CCSc3ccccc32)cc1OC. The highest BCUT2D eigenvalue weighted by molar-refractivity contribution is 8.00. The Labute approximate surface area is 165 Å². The number of rotatable bonds is 7. The third-order valence-electron chi connectivity index (χ3n) is 4.31. The first-order valence-corrected chi connectivity index (χ1v) is 11.2. The normalized spacial score (nSPS) is 14.2. The molecule has 1 aliphatic rings. The van der Waals surface area contributed by atoms with Crippen molar-refractivity contribution in [1.29, 1.82) is 0 Å². The van der Waals surface area contributed by atoms with E-state index in [1.807, 2.05) is 42.5 Å². The zero-order valence-corrected chi connectivity index (χ0v) is 17.1. The average Bonchev–Trinajstić information content (AvgIpc) is 2.70. The molecule has 0 bridgehead atoms. The van der Waals surface area contributed by atoms with Crippen molar-refractivity contribution in [3.8, 4) is 11.5 Å². The lowest BCUT2D eigenvalue weighted by Crippen LogP contribution is -2.33. The van der Waals surface area contributed by atoms with Crippen molar-refractivity contribution < 1.29 is 17.9 Å². The first kappa shape index (κ1) is 19.6. The Morgan fingerprint density at radius 2 is 1.89 bits per heavy atom. The predicted molar refractivity (Wildman–Crippen MR) is 110 cm³/mol. The molecule has 0 fully saturated rings. The van der Waals surface area contributed by atoms with Crippen LogP contribution in [0.15, 0.2) is 58.8 Å². The summed E-state index contributed by atoms with van der Waals surface area (Å²) in [5.41, 5.74) is 1.83. The highest BCUT2D eigenvalue weighted by Gasteiger charge is 2.25.